The van der Waals surface area contributed by atoms with Crippen LogP contribution in [0, 0.1) is 6.92 Å². The molecule has 1 aliphatic carbocycles. The van der Waals surface area contributed by atoms with Gasteiger partial charge in [0.05, 0.1) is 5.52 Å². The molecule has 0 atom stereocenters. The number of aryl methyl sites for hydroxylation is 2. The van der Waals surface area contributed by atoms with E-state index < -0.39 is 0 Å². The molecule has 1 fully saturated rings. The van der Waals surface area contributed by atoms with Gasteiger partial charge in [-0.25, -0.2) is 0 Å². The van der Waals surface area contributed by atoms with E-state index in [4.69, 9.17) is 0 Å². The summed E-state index contributed by atoms with van der Waals surface area (Å²) in [5.41, 5.74) is 2.11. The van der Waals surface area contributed by atoms with Crippen LogP contribution in [0.5, 0.6) is 5.75 Å². The van der Waals surface area contributed by atoms with Crippen LogP contribution in [0.15, 0.2) is 28.0 Å². The topological polar surface area (TPSA) is 54.6 Å². The number of rotatable bonds is 6. The van der Waals surface area contributed by atoms with E-state index in [0.717, 1.165) is 48.6 Å². The van der Waals surface area contributed by atoms with Crippen molar-refractivity contribution < 1.29 is 5.11 Å². The van der Waals surface area contributed by atoms with Crippen LogP contribution in [0.3, 0.4) is 0 Å². The number of unbranched alkanes of at least 4 members (excludes halogenated alkanes) is 2. The van der Waals surface area contributed by atoms with Crippen molar-refractivity contribution in [1.29, 1.82) is 0 Å². The number of hydrogen-bond acceptors (Lipinski definition) is 3. The molecule has 0 saturated heterocycles. The first-order valence-electron chi connectivity index (χ1n) is 10.0. The van der Waals surface area contributed by atoms with Gasteiger partial charge in [-0.05, 0) is 43.9 Å². The molecular formula is C22H30N2O2. The van der Waals surface area contributed by atoms with E-state index in [0.29, 0.717) is 12.1 Å². The lowest BCUT2D eigenvalue weighted by Gasteiger charge is -2.18. The summed E-state index contributed by atoms with van der Waals surface area (Å²) >= 11 is 0. The molecule has 0 aliphatic heterocycles. The second kappa shape index (κ2) is 8.52. The molecule has 4 nitrogen and oxygen atoms in total. The van der Waals surface area contributed by atoms with Gasteiger partial charge in [-0.1, -0.05) is 45.1 Å². The number of aliphatic imine (C=N–C) groups is 1. The predicted molar refractivity (Wildman–Crippen MR) is 109 cm³/mol. The van der Waals surface area contributed by atoms with E-state index in [-0.39, 0.29) is 17.4 Å². The number of hydrogen-bond donors (Lipinski definition) is 1. The molecule has 1 N–H and O–H groups in total. The maximum absolute atomic E-state index is 13.1. The van der Waals surface area contributed by atoms with Crippen molar-refractivity contribution in [2.75, 3.05) is 0 Å². The minimum Gasteiger partial charge on any atom is -0.506 e. The summed E-state index contributed by atoms with van der Waals surface area (Å²) in [5, 5.41) is 11.5. The minimum absolute atomic E-state index is 0.0660. The normalized spacial score (nSPS) is 15.9. The van der Waals surface area contributed by atoms with Crippen LogP contribution in [-0.4, -0.2) is 21.9 Å². The molecular weight excluding hydrogens is 324 g/mol. The van der Waals surface area contributed by atoms with E-state index in [1.165, 1.54) is 19.3 Å². The lowest BCUT2D eigenvalue weighted by Crippen LogP contribution is -2.25. The van der Waals surface area contributed by atoms with Gasteiger partial charge in [0.15, 0.2) is 0 Å². The Kier molecular flexibility index (Phi) is 6.12. The van der Waals surface area contributed by atoms with Gasteiger partial charge in [0.1, 0.15) is 11.3 Å². The van der Waals surface area contributed by atoms with E-state index in [2.05, 4.69) is 11.9 Å². The monoisotopic (exact) mass is 354 g/mol. The van der Waals surface area contributed by atoms with Crippen LogP contribution >= 0.6 is 0 Å². The molecule has 3 rings (SSSR count). The summed E-state index contributed by atoms with van der Waals surface area (Å²) in [6.07, 6.45) is 10.6. The van der Waals surface area contributed by atoms with Crippen molar-refractivity contribution in [3.63, 3.8) is 0 Å². The largest absolute Gasteiger partial charge is 0.506 e. The average molecular weight is 354 g/mol. The predicted octanol–water partition coefficient (Wildman–Crippen LogP) is 4.96. The fraction of sp³-hybridized carbons (Fsp3) is 0.545. The number of fused-ring (bicyclic) bond motifs is 1. The molecule has 1 saturated carbocycles. The molecule has 0 radical (unpaired) electrons. The Balaban J connectivity index is 2.05. The number of pyridine rings is 1. The summed E-state index contributed by atoms with van der Waals surface area (Å²) in [6.45, 7) is 4.84. The van der Waals surface area contributed by atoms with Gasteiger partial charge in [-0.3, -0.25) is 9.79 Å². The van der Waals surface area contributed by atoms with Crippen molar-refractivity contribution in [1.82, 2.24) is 4.57 Å². The highest BCUT2D eigenvalue weighted by atomic mass is 16.3. The third-order valence-electron chi connectivity index (χ3n) is 5.40. The standard InChI is InChI=1S/C22H30N2O2/c1-3-4-8-13-24-20-14-16(2)11-12-18(20)21(25)19(22(24)26)15-23-17-9-6-5-7-10-17/h11-12,14-15,17,25H,3-10,13H2,1-2H3. The zero-order valence-corrected chi connectivity index (χ0v) is 16.0. The Bertz CT molecular complexity index is 845. The molecule has 140 valence electrons. The smallest absolute Gasteiger partial charge is 0.263 e. The molecule has 1 aromatic heterocycles. The molecule has 26 heavy (non-hydrogen) atoms. The SMILES string of the molecule is CCCCCn1c(=O)c(C=NC2CCCCC2)c(O)c2ccc(C)cc21. The molecule has 4 heteroatoms. The third kappa shape index (κ3) is 4.00. The first-order chi connectivity index (χ1) is 12.6. The van der Waals surface area contributed by atoms with Crippen molar-refractivity contribution in [3.8, 4) is 5.75 Å². The van der Waals surface area contributed by atoms with E-state index >= 15 is 0 Å². The van der Waals surface area contributed by atoms with Gasteiger partial charge < -0.3 is 9.67 Å². The molecule has 0 amide bonds. The van der Waals surface area contributed by atoms with E-state index in [1.807, 2.05) is 29.7 Å². The second-order valence-corrected chi connectivity index (χ2v) is 7.52. The van der Waals surface area contributed by atoms with Gasteiger partial charge in [0.25, 0.3) is 5.56 Å². The molecule has 1 heterocycles. The maximum Gasteiger partial charge on any atom is 0.263 e. The fourth-order valence-corrected chi connectivity index (χ4v) is 3.83. The summed E-state index contributed by atoms with van der Waals surface area (Å²) in [6, 6.07) is 6.16. The van der Waals surface area contributed by atoms with Crippen molar-refractivity contribution in [3.05, 3.63) is 39.7 Å². The summed E-state index contributed by atoms with van der Waals surface area (Å²) in [5.74, 6) is 0.0660. The Morgan fingerprint density at radius 2 is 2.00 bits per heavy atom. The van der Waals surface area contributed by atoms with Gasteiger partial charge in [0.2, 0.25) is 0 Å². The second-order valence-electron chi connectivity index (χ2n) is 7.52. The first kappa shape index (κ1) is 18.7. The summed E-state index contributed by atoms with van der Waals surface area (Å²) in [4.78, 5) is 17.7. The lowest BCUT2D eigenvalue weighted by atomic mass is 9.96. The molecule has 0 bridgehead atoms. The summed E-state index contributed by atoms with van der Waals surface area (Å²) < 4.78 is 1.82. The number of aromatic nitrogens is 1. The lowest BCUT2D eigenvalue weighted by molar-refractivity contribution is 0.444. The third-order valence-corrected chi connectivity index (χ3v) is 5.40. The van der Waals surface area contributed by atoms with Crippen LogP contribution in [0.2, 0.25) is 0 Å². The van der Waals surface area contributed by atoms with Crippen molar-refractivity contribution in [2.24, 2.45) is 4.99 Å². The van der Waals surface area contributed by atoms with Gasteiger partial charge >= 0.3 is 0 Å². The summed E-state index contributed by atoms with van der Waals surface area (Å²) in [7, 11) is 0. The van der Waals surface area contributed by atoms with Crippen LogP contribution in [0.4, 0.5) is 0 Å². The highest BCUT2D eigenvalue weighted by Gasteiger charge is 2.16. The maximum atomic E-state index is 13.1. The fourth-order valence-electron chi connectivity index (χ4n) is 3.83. The van der Waals surface area contributed by atoms with Crippen molar-refractivity contribution in [2.45, 2.75) is 77.8 Å². The molecule has 1 aliphatic rings. The van der Waals surface area contributed by atoms with Crippen LogP contribution in [0.25, 0.3) is 10.9 Å². The zero-order valence-electron chi connectivity index (χ0n) is 16.0. The van der Waals surface area contributed by atoms with Gasteiger partial charge in [-0.15, -0.1) is 0 Å². The zero-order chi connectivity index (χ0) is 18.5. The molecule has 0 spiro atoms. The highest BCUT2D eigenvalue weighted by Crippen LogP contribution is 2.27. The Labute approximate surface area is 155 Å². The molecule has 2 aromatic rings. The Hall–Kier alpha value is -2.10. The van der Waals surface area contributed by atoms with Crippen LogP contribution in [0.1, 0.15) is 69.4 Å². The first-order valence-corrected chi connectivity index (χ1v) is 10.0. The van der Waals surface area contributed by atoms with Crippen molar-refractivity contribution >= 4 is 17.1 Å². The Morgan fingerprint density at radius 3 is 2.73 bits per heavy atom. The minimum atomic E-state index is -0.128. The van der Waals surface area contributed by atoms with Gasteiger partial charge in [0, 0.05) is 24.2 Å². The Morgan fingerprint density at radius 1 is 1.23 bits per heavy atom. The molecule has 1 aromatic carbocycles. The van der Waals surface area contributed by atoms with E-state index in [1.54, 1.807) is 6.21 Å². The number of aromatic hydroxyl groups is 1. The quantitative estimate of drug-likeness (QED) is 0.589. The number of nitrogens with zero attached hydrogens (tertiary/aromatic N) is 2. The van der Waals surface area contributed by atoms with Crippen LogP contribution in [-0.2, 0) is 6.54 Å². The molecule has 0 unspecified atom stereocenters. The average Bonchev–Trinajstić information content (AvgIpc) is 2.65. The number of benzene rings is 1. The van der Waals surface area contributed by atoms with E-state index in [9.17, 15) is 9.90 Å². The van der Waals surface area contributed by atoms with Gasteiger partial charge in [-0.2, -0.15) is 0 Å². The highest BCUT2D eigenvalue weighted by molar-refractivity contribution is 5.95. The van der Waals surface area contributed by atoms with Crippen LogP contribution < -0.4 is 5.56 Å².